The Hall–Kier alpha value is -4.70. The van der Waals surface area contributed by atoms with E-state index in [0.717, 1.165) is 88.6 Å². The van der Waals surface area contributed by atoms with Crippen LogP contribution in [0.15, 0.2) is 12.1 Å². The fourth-order valence-corrected chi connectivity index (χ4v) is 10.1. The molecule has 0 radical (unpaired) electrons. The molecule has 0 aromatic carbocycles. The molecule has 13 nitrogen and oxygen atoms in total. The summed E-state index contributed by atoms with van der Waals surface area (Å²) in [6.45, 7) is 19.7. The van der Waals surface area contributed by atoms with Crippen LogP contribution in [0.1, 0.15) is 162 Å². The molecule has 2 saturated heterocycles. The van der Waals surface area contributed by atoms with Crippen molar-refractivity contribution in [3.8, 4) is 23.7 Å². The van der Waals surface area contributed by atoms with Gasteiger partial charge >= 0.3 is 17.9 Å². The van der Waals surface area contributed by atoms with Gasteiger partial charge < -0.3 is 29.7 Å². The van der Waals surface area contributed by atoms with Gasteiger partial charge in [-0.05, 0) is 156 Å². The van der Waals surface area contributed by atoms with Crippen molar-refractivity contribution in [3.63, 3.8) is 0 Å². The molecule has 2 aromatic rings. The van der Waals surface area contributed by atoms with E-state index in [4.69, 9.17) is 9.47 Å². The lowest BCUT2D eigenvalue weighted by Crippen LogP contribution is -2.45. The molecule has 4 aliphatic rings. The van der Waals surface area contributed by atoms with Crippen molar-refractivity contribution < 1.29 is 43.3 Å². The van der Waals surface area contributed by atoms with E-state index in [1.165, 1.54) is 61.3 Å². The predicted molar refractivity (Wildman–Crippen MR) is 266 cm³/mol. The molecular formula is C52H74N4O9S2. The minimum atomic E-state index is -1.13. The maximum absolute atomic E-state index is 13.7. The third-order valence-corrected chi connectivity index (χ3v) is 14.2. The van der Waals surface area contributed by atoms with Crippen LogP contribution in [0.5, 0.6) is 0 Å². The molecule has 2 aliphatic heterocycles. The number of thiophene rings is 2. The molecule has 2 aromatic heterocycles. The zero-order valence-corrected chi connectivity index (χ0v) is 43.2. The number of nitrogens with zero attached hydrogens (tertiary/aromatic N) is 3. The maximum Gasteiger partial charge on any atom is 0.350 e. The molecule has 4 fully saturated rings. The molecule has 0 atom stereocenters. The van der Waals surface area contributed by atoms with Crippen molar-refractivity contribution >= 4 is 69.7 Å². The van der Waals surface area contributed by atoms with E-state index in [-0.39, 0.29) is 57.5 Å². The number of esters is 2. The number of hydrogen-bond donors (Lipinski definition) is 2. The molecule has 2 N–H and O–H groups in total. The zero-order valence-electron chi connectivity index (χ0n) is 41.6. The SMILES string of the molecule is C1CCNC1.COC(=O)c1sc(C#CC(C)(C)C)cc1N(CC(=O)N1CCCC1)C(=O)C1CCC(C)CC1.COC(=O)c1sc(C#CC(C)(C)C)cc1N(CC(=O)O)C(=O)C1CCC(C)CC1. The van der Waals surface area contributed by atoms with Crippen LogP contribution in [0.2, 0.25) is 0 Å². The topological polar surface area (TPSA) is 163 Å². The molecule has 15 heteroatoms. The Morgan fingerprint density at radius 2 is 1.04 bits per heavy atom. The Balaban J connectivity index is 0.000000266. The number of carboxylic acids is 1. The molecule has 0 spiro atoms. The van der Waals surface area contributed by atoms with E-state index in [1.807, 2.05) is 46.4 Å². The van der Waals surface area contributed by atoms with Crippen molar-refractivity contribution in [2.75, 3.05) is 63.3 Å². The summed E-state index contributed by atoms with van der Waals surface area (Å²) in [5, 5.41) is 12.6. The molecule has 6 rings (SSSR count). The average molecular weight is 963 g/mol. The van der Waals surface area contributed by atoms with Crippen molar-refractivity contribution in [2.45, 2.75) is 132 Å². The van der Waals surface area contributed by atoms with Gasteiger partial charge in [0.15, 0.2) is 0 Å². The van der Waals surface area contributed by atoms with Crippen LogP contribution in [0.3, 0.4) is 0 Å². The molecule has 67 heavy (non-hydrogen) atoms. The lowest BCUT2D eigenvalue weighted by atomic mass is 9.82. The Morgan fingerprint density at radius 3 is 1.37 bits per heavy atom. The number of nitrogens with one attached hydrogen (secondary N) is 1. The number of rotatable bonds is 10. The lowest BCUT2D eigenvalue weighted by molar-refractivity contribution is -0.137. The van der Waals surface area contributed by atoms with E-state index >= 15 is 0 Å². The first-order chi connectivity index (χ1) is 31.6. The van der Waals surface area contributed by atoms with E-state index in [1.54, 1.807) is 12.1 Å². The third-order valence-electron chi connectivity index (χ3n) is 12.1. The van der Waals surface area contributed by atoms with Crippen LogP contribution < -0.4 is 15.1 Å². The zero-order chi connectivity index (χ0) is 49.5. The quantitative estimate of drug-likeness (QED) is 0.173. The van der Waals surface area contributed by atoms with Crippen LogP contribution >= 0.6 is 22.7 Å². The van der Waals surface area contributed by atoms with Gasteiger partial charge in [-0.1, -0.05) is 37.5 Å². The average Bonchev–Trinajstić information content (AvgIpc) is 4.14. The van der Waals surface area contributed by atoms with Gasteiger partial charge in [-0.3, -0.25) is 24.1 Å². The Morgan fingerprint density at radius 1 is 0.657 bits per heavy atom. The molecule has 368 valence electrons. The van der Waals surface area contributed by atoms with Crippen molar-refractivity contribution in [1.82, 2.24) is 10.2 Å². The van der Waals surface area contributed by atoms with Gasteiger partial charge in [-0.2, -0.15) is 0 Å². The van der Waals surface area contributed by atoms with Gasteiger partial charge in [0.05, 0.1) is 35.3 Å². The van der Waals surface area contributed by atoms with Gasteiger partial charge in [0.2, 0.25) is 17.7 Å². The number of hydrogen-bond acceptors (Lipinski definition) is 11. The van der Waals surface area contributed by atoms with Gasteiger partial charge in [-0.15, -0.1) is 22.7 Å². The largest absolute Gasteiger partial charge is 0.480 e. The molecular weight excluding hydrogens is 889 g/mol. The fourth-order valence-electron chi connectivity index (χ4n) is 8.24. The smallest absolute Gasteiger partial charge is 0.350 e. The predicted octanol–water partition coefficient (Wildman–Crippen LogP) is 9.26. The standard InChI is InChI=1S/C26H36N2O4S.C22H29NO5S.C4H9N/c1-18-8-10-19(11-9-18)24(30)28(17-22(29)27-14-6-7-15-27)21-16-20(12-13-26(2,3)4)33-23(21)25(31)32-5;1-14-6-8-15(9-7-14)20(26)23(13-18(24)25)17-12-16(10-11-22(2,3)4)29-19(17)21(27)28-5;1-2-4-5-3-1/h16,18-19H,6-11,14-15,17H2,1-5H3;12,14-15H,6-9,13H2,1-5H3,(H,24,25);5H,1-4H2. The minimum Gasteiger partial charge on any atom is -0.480 e. The van der Waals surface area contributed by atoms with Crippen LogP contribution in [-0.2, 0) is 28.7 Å². The van der Waals surface area contributed by atoms with E-state index in [9.17, 15) is 33.9 Å². The number of carbonyl (C=O) groups is 6. The van der Waals surface area contributed by atoms with Crippen LogP contribution in [0.25, 0.3) is 0 Å². The molecule has 3 amide bonds. The highest BCUT2D eigenvalue weighted by atomic mass is 32.1. The highest BCUT2D eigenvalue weighted by Gasteiger charge is 2.36. The van der Waals surface area contributed by atoms with E-state index < -0.39 is 24.5 Å². The first-order valence-electron chi connectivity index (χ1n) is 23.9. The van der Waals surface area contributed by atoms with Crippen LogP contribution in [0, 0.1) is 58.2 Å². The van der Waals surface area contributed by atoms with Crippen molar-refractivity contribution in [1.29, 1.82) is 0 Å². The summed E-state index contributed by atoms with van der Waals surface area (Å²) < 4.78 is 9.89. The second-order valence-corrected chi connectivity index (χ2v) is 22.4. The summed E-state index contributed by atoms with van der Waals surface area (Å²) in [6, 6.07) is 3.40. The number of amides is 3. The highest BCUT2D eigenvalue weighted by Crippen LogP contribution is 2.37. The Kier molecular flexibility index (Phi) is 21.0. The Labute approximate surface area is 407 Å². The number of carbonyl (C=O) groups excluding carboxylic acids is 5. The Bertz CT molecular complexity index is 2140. The summed E-state index contributed by atoms with van der Waals surface area (Å²) in [7, 11) is 2.59. The summed E-state index contributed by atoms with van der Waals surface area (Å²) in [5.41, 5.74) is 0.285. The number of carboxylic acid groups (broad SMARTS) is 1. The summed E-state index contributed by atoms with van der Waals surface area (Å²) in [4.78, 5) is 82.8. The molecule has 0 bridgehead atoms. The van der Waals surface area contributed by atoms with Gasteiger partial charge in [0.25, 0.3) is 0 Å². The van der Waals surface area contributed by atoms with E-state index in [2.05, 4.69) is 42.8 Å². The van der Waals surface area contributed by atoms with Crippen molar-refractivity contribution in [2.24, 2.45) is 34.5 Å². The normalized spacial score (nSPS) is 20.2. The summed E-state index contributed by atoms with van der Waals surface area (Å²) >= 11 is 2.34. The number of methoxy groups -OCH3 is 2. The highest BCUT2D eigenvalue weighted by molar-refractivity contribution is 7.15. The number of ether oxygens (including phenoxy) is 2. The molecule has 2 aliphatic carbocycles. The maximum atomic E-state index is 13.7. The number of anilines is 2. The van der Waals surface area contributed by atoms with Crippen molar-refractivity contribution in [3.05, 3.63) is 31.6 Å². The molecule has 2 saturated carbocycles. The number of aliphatic carboxylic acids is 1. The minimum absolute atomic E-state index is 0.0578. The lowest BCUT2D eigenvalue weighted by Gasteiger charge is -2.31. The second kappa shape index (κ2) is 25.6. The summed E-state index contributed by atoms with van der Waals surface area (Å²) in [5.74, 6) is 10.6. The van der Waals surface area contributed by atoms with Gasteiger partial charge in [0, 0.05) is 35.8 Å². The van der Waals surface area contributed by atoms with Crippen LogP contribution in [0.4, 0.5) is 11.4 Å². The van der Waals surface area contributed by atoms with Crippen LogP contribution in [-0.4, -0.2) is 99.1 Å². The van der Waals surface area contributed by atoms with E-state index in [0.29, 0.717) is 32.2 Å². The summed E-state index contributed by atoms with van der Waals surface area (Å²) in [6.07, 6.45) is 11.7. The van der Waals surface area contributed by atoms with Gasteiger partial charge in [-0.25, -0.2) is 9.59 Å². The molecule has 4 heterocycles. The van der Waals surface area contributed by atoms with Gasteiger partial charge in [0.1, 0.15) is 22.8 Å². The first-order valence-corrected chi connectivity index (χ1v) is 25.6. The third kappa shape index (κ3) is 17.4. The second-order valence-electron chi connectivity index (χ2n) is 20.3. The monoisotopic (exact) mass is 962 g/mol. The number of likely N-dealkylation sites (tertiary alicyclic amines) is 1. The molecule has 0 unspecified atom stereocenters. The fraction of sp³-hybridized carbons (Fsp3) is 0.654. The first kappa shape index (κ1) is 54.9.